The molecule has 8 heteroatoms. The van der Waals surface area contributed by atoms with Crippen LogP contribution in [0.25, 0.3) is 0 Å². The van der Waals surface area contributed by atoms with Crippen LogP contribution in [0.1, 0.15) is 28.8 Å². The molecule has 1 amide bonds. The highest BCUT2D eigenvalue weighted by Crippen LogP contribution is 2.11. The Bertz CT molecular complexity index is 827. The number of ether oxygens (including phenoxy) is 2. The summed E-state index contributed by atoms with van der Waals surface area (Å²) < 4.78 is 11.2. The van der Waals surface area contributed by atoms with Crippen molar-refractivity contribution in [2.24, 2.45) is 4.99 Å². The van der Waals surface area contributed by atoms with Gasteiger partial charge in [0.2, 0.25) is 0 Å². The molecule has 0 aromatic heterocycles. The summed E-state index contributed by atoms with van der Waals surface area (Å²) in [6.07, 6.45) is 2.21. The van der Waals surface area contributed by atoms with Crippen molar-refractivity contribution in [3.63, 3.8) is 0 Å². The molecule has 1 atom stereocenters. The van der Waals surface area contributed by atoms with E-state index >= 15 is 0 Å². The van der Waals surface area contributed by atoms with Crippen molar-refractivity contribution in [3.8, 4) is 5.75 Å². The van der Waals surface area contributed by atoms with Gasteiger partial charge < -0.3 is 25.4 Å². The van der Waals surface area contributed by atoms with Gasteiger partial charge in [-0.15, -0.1) is 24.0 Å². The number of carbonyl (C=O) groups excluding carboxylic acids is 1. The van der Waals surface area contributed by atoms with Crippen LogP contribution in [-0.4, -0.2) is 51.3 Å². The highest BCUT2D eigenvalue weighted by atomic mass is 127. The third-order valence-electron chi connectivity index (χ3n) is 4.79. The van der Waals surface area contributed by atoms with Crippen molar-refractivity contribution in [3.05, 3.63) is 65.7 Å². The number of nitrogens with one attached hydrogen (secondary N) is 3. The van der Waals surface area contributed by atoms with Crippen molar-refractivity contribution < 1.29 is 14.3 Å². The molecule has 31 heavy (non-hydrogen) atoms. The van der Waals surface area contributed by atoms with Crippen LogP contribution >= 0.6 is 24.0 Å². The zero-order valence-corrected chi connectivity index (χ0v) is 20.1. The van der Waals surface area contributed by atoms with E-state index < -0.39 is 0 Å². The van der Waals surface area contributed by atoms with E-state index in [0.717, 1.165) is 30.8 Å². The van der Waals surface area contributed by atoms with Gasteiger partial charge in [-0.05, 0) is 42.7 Å². The first-order valence-electron chi connectivity index (χ1n) is 10.4. The number of para-hydroxylation sites is 1. The minimum atomic E-state index is -0.0760. The number of guanidine groups is 1. The van der Waals surface area contributed by atoms with Crippen molar-refractivity contribution in [1.82, 2.24) is 16.0 Å². The fraction of sp³-hybridized carbons (Fsp3) is 0.391. The molecule has 0 radical (unpaired) electrons. The van der Waals surface area contributed by atoms with Crippen LogP contribution in [-0.2, 0) is 11.3 Å². The van der Waals surface area contributed by atoms with Gasteiger partial charge in [-0.2, -0.15) is 0 Å². The monoisotopic (exact) mass is 538 g/mol. The second kappa shape index (κ2) is 13.9. The van der Waals surface area contributed by atoms with Crippen LogP contribution in [0.3, 0.4) is 0 Å². The Balaban J connectivity index is 0.00000341. The molecule has 0 bridgehead atoms. The summed E-state index contributed by atoms with van der Waals surface area (Å²) in [5.41, 5.74) is 1.65. The van der Waals surface area contributed by atoms with Crippen LogP contribution in [0.4, 0.5) is 0 Å². The minimum Gasteiger partial charge on any atom is -0.492 e. The minimum absolute atomic E-state index is 0. The number of hydrogen-bond donors (Lipinski definition) is 3. The SMILES string of the molecule is CN=C(NCCOc1ccccc1)NCc1cccc(C(=O)NCC2CCCO2)c1.I. The standard InChI is InChI=1S/C23H30N4O3.HI/c1-24-23(25-12-14-30-20-9-3-2-4-10-20)27-16-18-7-5-8-19(15-18)22(28)26-17-21-11-6-13-29-21;/h2-5,7-10,15,21H,6,11-14,16-17H2,1H3,(H,26,28)(H2,24,25,27);1H. The Labute approximate surface area is 201 Å². The van der Waals surface area contributed by atoms with E-state index in [0.29, 0.717) is 37.8 Å². The lowest BCUT2D eigenvalue weighted by Crippen LogP contribution is -2.39. The topological polar surface area (TPSA) is 84.0 Å². The van der Waals surface area contributed by atoms with Crippen molar-refractivity contribution in [1.29, 1.82) is 0 Å². The number of rotatable bonds is 9. The summed E-state index contributed by atoms with van der Waals surface area (Å²) in [4.78, 5) is 16.6. The quantitative estimate of drug-likeness (QED) is 0.198. The second-order valence-electron chi connectivity index (χ2n) is 7.06. The lowest BCUT2D eigenvalue weighted by molar-refractivity contribution is 0.0857. The van der Waals surface area contributed by atoms with E-state index in [1.54, 1.807) is 7.05 Å². The molecule has 2 aromatic rings. The van der Waals surface area contributed by atoms with Gasteiger partial charge >= 0.3 is 0 Å². The Kier molecular flexibility index (Phi) is 11.2. The van der Waals surface area contributed by atoms with Crippen molar-refractivity contribution in [2.45, 2.75) is 25.5 Å². The third kappa shape index (κ3) is 8.74. The van der Waals surface area contributed by atoms with E-state index in [1.807, 2.05) is 54.6 Å². The molecule has 1 unspecified atom stereocenters. The smallest absolute Gasteiger partial charge is 0.251 e. The number of carbonyl (C=O) groups is 1. The van der Waals surface area contributed by atoms with Crippen LogP contribution < -0.4 is 20.7 Å². The van der Waals surface area contributed by atoms with Gasteiger partial charge in [0, 0.05) is 32.3 Å². The van der Waals surface area contributed by atoms with E-state index in [-0.39, 0.29) is 36.0 Å². The predicted molar refractivity (Wildman–Crippen MR) is 133 cm³/mol. The fourth-order valence-electron chi connectivity index (χ4n) is 3.20. The first-order valence-corrected chi connectivity index (χ1v) is 10.4. The Morgan fingerprint density at radius 2 is 1.97 bits per heavy atom. The third-order valence-corrected chi connectivity index (χ3v) is 4.79. The number of halogens is 1. The maximum absolute atomic E-state index is 12.4. The van der Waals surface area contributed by atoms with Gasteiger partial charge in [-0.3, -0.25) is 9.79 Å². The summed E-state index contributed by atoms with van der Waals surface area (Å²) in [6.45, 7) is 3.07. The molecule has 2 aromatic carbocycles. The van der Waals surface area contributed by atoms with Gasteiger partial charge in [0.15, 0.2) is 5.96 Å². The normalized spacial score (nSPS) is 15.6. The molecule has 3 rings (SSSR count). The highest BCUT2D eigenvalue weighted by Gasteiger charge is 2.16. The average Bonchev–Trinajstić information content (AvgIpc) is 3.31. The molecule has 168 valence electrons. The number of amides is 1. The van der Waals surface area contributed by atoms with E-state index in [2.05, 4.69) is 20.9 Å². The second-order valence-corrected chi connectivity index (χ2v) is 7.06. The highest BCUT2D eigenvalue weighted by molar-refractivity contribution is 14.0. The van der Waals surface area contributed by atoms with Gasteiger partial charge in [0.05, 0.1) is 12.6 Å². The van der Waals surface area contributed by atoms with Gasteiger partial charge in [-0.1, -0.05) is 30.3 Å². The molecule has 1 aliphatic rings. The average molecular weight is 538 g/mol. The molecule has 3 N–H and O–H groups in total. The van der Waals surface area contributed by atoms with E-state index in [4.69, 9.17) is 9.47 Å². The molecule has 1 saturated heterocycles. The summed E-state index contributed by atoms with van der Waals surface area (Å²) in [5, 5.41) is 9.44. The molecule has 0 spiro atoms. The molecule has 7 nitrogen and oxygen atoms in total. The number of hydrogen-bond acceptors (Lipinski definition) is 4. The van der Waals surface area contributed by atoms with E-state index in [1.165, 1.54) is 0 Å². The fourth-order valence-corrected chi connectivity index (χ4v) is 3.20. The molecule has 0 saturated carbocycles. The van der Waals surface area contributed by atoms with Crippen LogP contribution in [0.5, 0.6) is 5.75 Å². The first-order chi connectivity index (χ1) is 14.7. The molecular formula is C23H31IN4O3. The van der Waals surface area contributed by atoms with Crippen molar-refractivity contribution in [2.75, 3.05) is 33.4 Å². The molecule has 1 heterocycles. The van der Waals surface area contributed by atoms with Crippen LogP contribution in [0, 0.1) is 0 Å². The summed E-state index contributed by atoms with van der Waals surface area (Å²) >= 11 is 0. The van der Waals surface area contributed by atoms with E-state index in [9.17, 15) is 4.79 Å². The van der Waals surface area contributed by atoms with Gasteiger partial charge in [0.25, 0.3) is 5.91 Å². The summed E-state index contributed by atoms with van der Waals surface area (Å²) in [7, 11) is 1.72. The van der Waals surface area contributed by atoms with Gasteiger partial charge in [0.1, 0.15) is 12.4 Å². The summed E-state index contributed by atoms with van der Waals surface area (Å²) in [5.74, 6) is 1.45. The molecule has 1 aliphatic heterocycles. The number of aliphatic imine (C=N–C) groups is 1. The number of benzene rings is 2. The lowest BCUT2D eigenvalue weighted by atomic mass is 10.1. The largest absolute Gasteiger partial charge is 0.492 e. The zero-order chi connectivity index (χ0) is 21.0. The summed E-state index contributed by atoms with van der Waals surface area (Å²) in [6, 6.07) is 17.3. The molecular weight excluding hydrogens is 507 g/mol. The van der Waals surface area contributed by atoms with Crippen molar-refractivity contribution >= 4 is 35.8 Å². The van der Waals surface area contributed by atoms with Crippen LogP contribution in [0.15, 0.2) is 59.6 Å². The maximum Gasteiger partial charge on any atom is 0.251 e. The maximum atomic E-state index is 12.4. The Morgan fingerprint density at radius 3 is 2.71 bits per heavy atom. The predicted octanol–water partition coefficient (Wildman–Crippen LogP) is 2.96. The zero-order valence-electron chi connectivity index (χ0n) is 17.8. The molecule has 0 aliphatic carbocycles. The number of nitrogens with zero attached hydrogens (tertiary/aromatic N) is 1. The first kappa shape index (κ1) is 24.9. The van der Waals surface area contributed by atoms with Crippen LogP contribution in [0.2, 0.25) is 0 Å². The van der Waals surface area contributed by atoms with Gasteiger partial charge in [-0.25, -0.2) is 0 Å². The Hall–Kier alpha value is -2.33. The Morgan fingerprint density at radius 1 is 1.13 bits per heavy atom. The lowest BCUT2D eigenvalue weighted by Gasteiger charge is -2.13. The molecule has 1 fully saturated rings.